The van der Waals surface area contributed by atoms with E-state index < -0.39 is 0 Å². The normalized spacial score (nSPS) is 11.5. The lowest BCUT2D eigenvalue weighted by Crippen LogP contribution is -2.38. The molecule has 154 valence electrons. The molecule has 0 radical (unpaired) electrons. The van der Waals surface area contributed by atoms with Gasteiger partial charge in [-0.3, -0.25) is 4.79 Å². The van der Waals surface area contributed by atoms with E-state index in [1.165, 1.54) is 11.8 Å². The first-order chi connectivity index (χ1) is 14.6. The minimum Gasteiger partial charge on any atom is -0.324 e. The molecule has 0 bridgehead atoms. The van der Waals surface area contributed by atoms with Crippen molar-refractivity contribution in [1.29, 1.82) is 0 Å². The number of benzene rings is 2. The first-order valence-electron chi connectivity index (χ1n) is 10.2. The molecule has 0 spiro atoms. The summed E-state index contributed by atoms with van der Waals surface area (Å²) in [5.74, 6) is 0.285. The Balaban J connectivity index is 1.60. The largest absolute Gasteiger partial charge is 0.324 e. The minimum absolute atomic E-state index is 0.0269. The fourth-order valence-electron chi connectivity index (χ4n) is 3.71. The molecule has 30 heavy (non-hydrogen) atoms. The number of hydrogen-bond acceptors (Lipinski definition) is 5. The van der Waals surface area contributed by atoms with Crippen LogP contribution in [0.25, 0.3) is 22.1 Å². The van der Waals surface area contributed by atoms with E-state index >= 15 is 0 Å². The van der Waals surface area contributed by atoms with Crippen LogP contribution in [0.3, 0.4) is 0 Å². The van der Waals surface area contributed by atoms with Gasteiger partial charge >= 0.3 is 0 Å². The van der Waals surface area contributed by atoms with Gasteiger partial charge in [0.2, 0.25) is 11.1 Å². The lowest BCUT2D eigenvalue weighted by Gasteiger charge is -2.26. The van der Waals surface area contributed by atoms with Crippen LogP contribution in [0.1, 0.15) is 27.2 Å². The molecule has 0 aliphatic rings. The molecule has 2 heterocycles. The molecule has 0 fully saturated rings. The van der Waals surface area contributed by atoms with Crippen molar-refractivity contribution in [3.05, 3.63) is 54.6 Å². The van der Waals surface area contributed by atoms with Gasteiger partial charge in [-0.25, -0.2) is 4.98 Å². The van der Waals surface area contributed by atoms with Gasteiger partial charge in [-0.15, -0.1) is 10.2 Å². The number of hydrogen-bond donors (Lipinski definition) is 0. The minimum atomic E-state index is 0.0269. The van der Waals surface area contributed by atoms with Crippen molar-refractivity contribution in [2.45, 2.75) is 44.9 Å². The van der Waals surface area contributed by atoms with E-state index in [9.17, 15) is 4.79 Å². The molecular formula is C23H25N5OS. The smallest absolute Gasteiger partial charge is 0.237 e. The van der Waals surface area contributed by atoms with Crippen molar-refractivity contribution in [3.63, 3.8) is 0 Å². The van der Waals surface area contributed by atoms with Crippen molar-refractivity contribution in [2.24, 2.45) is 0 Å². The highest BCUT2D eigenvalue weighted by Crippen LogP contribution is 2.27. The molecule has 4 aromatic rings. The van der Waals surface area contributed by atoms with Crippen LogP contribution in [0.15, 0.2) is 59.8 Å². The molecule has 0 saturated carbocycles. The summed E-state index contributed by atoms with van der Waals surface area (Å²) in [6, 6.07) is 18.0. The van der Waals surface area contributed by atoms with Crippen molar-refractivity contribution in [3.8, 4) is 0 Å². The van der Waals surface area contributed by atoms with Gasteiger partial charge in [-0.2, -0.15) is 0 Å². The lowest BCUT2D eigenvalue weighted by molar-refractivity contribution is -0.116. The molecule has 6 nitrogen and oxygen atoms in total. The Bertz CT molecular complexity index is 1170. The predicted molar refractivity (Wildman–Crippen MR) is 123 cm³/mol. The number of fused-ring (bicyclic) bond motifs is 3. The second kappa shape index (κ2) is 8.83. The number of carbonyl (C=O) groups excluding carboxylic acids is 1. The third-order valence-electron chi connectivity index (χ3n) is 4.95. The first kappa shape index (κ1) is 20.3. The first-order valence-corrected chi connectivity index (χ1v) is 11.2. The SMILES string of the molecule is CCCn1c2ccccc2c2nnc(SCC(=O)N(c3ccccc3)C(C)C)nc21. The lowest BCUT2D eigenvalue weighted by atomic mass is 10.2. The number of nitrogens with zero attached hydrogens (tertiary/aromatic N) is 5. The number of anilines is 1. The number of para-hydroxylation sites is 2. The predicted octanol–water partition coefficient (Wildman–Crippen LogP) is 4.92. The Morgan fingerprint density at radius 2 is 1.80 bits per heavy atom. The van der Waals surface area contributed by atoms with Gasteiger partial charge in [0.05, 0.1) is 11.3 Å². The van der Waals surface area contributed by atoms with Crippen LogP contribution < -0.4 is 4.90 Å². The number of rotatable bonds is 7. The van der Waals surface area contributed by atoms with E-state index in [-0.39, 0.29) is 17.7 Å². The summed E-state index contributed by atoms with van der Waals surface area (Å²) in [5, 5.41) is 10.3. The van der Waals surface area contributed by atoms with E-state index in [1.54, 1.807) is 0 Å². The van der Waals surface area contributed by atoms with Crippen LogP contribution in [0.2, 0.25) is 0 Å². The molecule has 0 aliphatic heterocycles. The van der Waals surface area contributed by atoms with E-state index in [0.29, 0.717) is 5.16 Å². The van der Waals surface area contributed by atoms with Crippen LogP contribution >= 0.6 is 11.8 Å². The summed E-state index contributed by atoms with van der Waals surface area (Å²) < 4.78 is 2.19. The molecule has 0 N–H and O–H groups in total. The van der Waals surface area contributed by atoms with Gasteiger partial charge in [0, 0.05) is 23.7 Å². The number of aromatic nitrogens is 4. The zero-order valence-electron chi connectivity index (χ0n) is 17.4. The fraction of sp³-hybridized carbons (Fsp3) is 0.304. The van der Waals surface area contributed by atoms with Crippen LogP contribution in [0, 0.1) is 0 Å². The average Bonchev–Trinajstić information content (AvgIpc) is 3.06. The van der Waals surface area contributed by atoms with E-state index in [0.717, 1.165) is 40.7 Å². The number of thioether (sulfide) groups is 1. The molecule has 0 atom stereocenters. The maximum absolute atomic E-state index is 13.0. The summed E-state index contributed by atoms with van der Waals surface area (Å²) in [7, 11) is 0. The van der Waals surface area contributed by atoms with Gasteiger partial charge in [-0.05, 0) is 38.5 Å². The van der Waals surface area contributed by atoms with Crippen LogP contribution in [0.4, 0.5) is 5.69 Å². The Morgan fingerprint density at radius 1 is 1.07 bits per heavy atom. The molecule has 2 aromatic carbocycles. The molecule has 2 aromatic heterocycles. The van der Waals surface area contributed by atoms with Gasteiger partial charge in [0.1, 0.15) is 5.52 Å². The summed E-state index contributed by atoms with van der Waals surface area (Å²) >= 11 is 1.33. The van der Waals surface area contributed by atoms with Crippen molar-refractivity contribution < 1.29 is 4.79 Å². The van der Waals surface area contributed by atoms with E-state index in [1.807, 2.05) is 61.2 Å². The number of amides is 1. The standard InChI is InChI=1S/C23H25N5OS/c1-4-14-27-19-13-9-8-12-18(19)21-22(27)24-23(26-25-21)30-15-20(29)28(16(2)3)17-10-6-5-7-11-17/h5-13,16H,4,14-15H2,1-3H3. The zero-order valence-corrected chi connectivity index (χ0v) is 18.3. The second-order valence-electron chi connectivity index (χ2n) is 7.42. The van der Waals surface area contributed by atoms with Crippen molar-refractivity contribution >= 4 is 45.4 Å². The molecule has 0 aliphatic carbocycles. The van der Waals surface area contributed by atoms with Crippen molar-refractivity contribution in [2.75, 3.05) is 10.7 Å². The molecular weight excluding hydrogens is 394 g/mol. The monoisotopic (exact) mass is 419 g/mol. The average molecular weight is 420 g/mol. The van der Waals surface area contributed by atoms with Gasteiger partial charge in [-0.1, -0.05) is 55.1 Å². The summed E-state index contributed by atoms with van der Waals surface area (Å²) in [6.45, 7) is 7.04. The Morgan fingerprint density at radius 3 is 2.53 bits per heavy atom. The third kappa shape index (κ3) is 3.89. The number of carbonyl (C=O) groups is 1. The highest BCUT2D eigenvalue weighted by Gasteiger charge is 2.20. The Labute approximate surface area is 180 Å². The second-order valence-corrected chi connectivity index (χ2v) is 8.36. The highest BCUT2D eigenvalue weighted by molar-refractivity contribution is 7.99. The van der Waals surface area contributed by atoms with E-state index in [4.69, 9.17) is 4.98 Å². The third-order valence-corrected chi connectivity index (χ3v) is 5.77. The topological polar surface area (TPSA) is 63.9 Å². The molecule has 4 rings (SSSR count). The molecule has 0 unspecified atom stereocenters. The fourth-order valence-corrected chi connectivity index (χ4v) is 4.36. The van der Waals surface area contributed by atoms with E-state index in [2.05, 4.69) is 33.8 Å². The maximum Gasteiger partial charge on any atom is 0.237 e. The van der Waals surface area contributed by atoms with Crippen LogP contribution in [-0.4, -0.2) is 37.5 Å². The highest BCUT2D eigenvalue weighted by atomic mass is 32.2. The van der Waals surface area contributed by atoms with Crippen molar-refractivity contribution in [1.82, 2.24) is 19.7 Å². The van der Waals surface area contributed by atoms with Crippen LogP contribution in [0.5, 0.6) is 0 Å². The molecule has 0 saturated heterocycles. The van der Waals surface area contributed by atoms with Gasteiger partial charge in [0.15, 0.2) is 5.65 Å². The van der Waals surface area contributed by atoms with Crippen LogP contribution in [-0.2, 0) is 11.3 Å². The quantitative estimate of drug-likeness (QED) is 0.398. The van der Waals surface area contributed by atoms with Gasteiger partial charge < -0.3 is 9.47 Å². The molecule has 7 heteroatoms. The number of aryl methyl sites for hydroxylation is 1. The maximum atomic E-state index is 13.0. The Kier molecular flexibility index (Phi) is 5.99. The molecule has 1 amide bonds. The summed E-state index contributed by atoms with van der Waals surface area (Å²) in [6.07, 6.45) is 0.999. The summed E-state index contributed by atoms with van der Waals surface area (Å²) in [4.78, 5) is 19.5. The Hall–Kier alpha value is -2.93. The zero-order chi connectivity index (χ0) is 21.1. The van der Waals surface area contributed by atoms with Gasteiger partial charge in [0.25, 0.3) is 0 Å². The summed E-state index contributed by atoms with van der Waals surface area (Å²) in [5.41, 5.74) is 3.65.